The van der Waals surface area contributed by atoms with Crippen LogP contribution in [0.4, 0.5) is 0 Å². The summed E-state index contributed by atoms with van der Waals surface area (Å²) in [7, 11) is 1.54. The normalized spacial score (nSPS) is 9.38. The van der Waals surface area contributed by atoms with Gasteiger partial charge in [-0.05, 0) is 24.3 Å². The van der Waals surface area contributed by atoms with Gasteiger partial charge in [-0.25, -0.2) is 0 Å². The highest BCUT2D eigenvalue weighted by atomic mass is 35.5. The number of halogens is 1. The van der Waals surface area contributed by atoms with Crippen molar-refractivity contribution in [3.05, 3.63) is 41.4 Å². The van der Waals surface area contributed by atoms with Crippen molar-refractivity contribution in [1.29, 1.82) is 0 Å². The number of methoxy groups -OCH3 is 1. The highest BCUT2D eigenvalue weighted by Crippen LogP contribution is 2.22. The van der Waals surface area contributed by atoms with E-state index in [4.69, 9.17) is 16.3 Å². The number of allylic oxidation sites excluding steroid dienone is 1. The molecule has 1 aromatic rings. The number of hydrogen-bond donors (Lipinski definition) is 0. The SMILES string of the molecule is C=CC(=O)c1ccc(OC)cc1Cl. The molecule has 0 aliphatic rings. The Morgan fingerprint density at radius 2 is 2.31 bits per heavy atom. The summed E-state index contributed by atoms with van der Waals surface area (Å²) in [5.41, 5.74) is 0.442. The Morgan fingerprint density at radius 3 is 2.77 bits per heavy atom. The highest BCUT2D eigenvalue weighted by molar-refractivity contribution is 6.34. The number of carbonyl (C=O) groups excluding carboxylic acids is 1. The minimum absolute atomic E-state index is 0.187. The van der Waals surface area contributed by atoms with E-state index in [1.54, 1.807) is 25.3 Å². The van der Waals surface area contributed by atoms with Crippen LogP contribution in [0.15, 0.2) is 30.9 Å². The third-order valence-corrected chi connectivity index (χ3v) is 1.94. The lowest BCUT2D eigenvalue weighted by Crippen LogP contribution is -1.95. The van der Waals surface area contributed by atoms with Gasteiger partial charge in [-0.2, -0.15) is 0 Å². The molecule has 0 unspecified atom stereocenters. The highest BCUT2D eigenvalue weighted by Gasteiger charge is 2.07. The maximum Gasteiger partial charge on any atom is 0.186 e. The number of rotatable bonds is 3. The molecule has 0 fully saturated rings. The number of hydrogen-bond acceptors (Lipinski definition) is 2. The molecule has 0 aliphatic carbocycles. The topological polar surface area (TPSA) is 26.3 Å². The van der Waals surface area contributed by atoms with Crippen LogP contribution in [-0.2, 0) is 0 Å². The van der Waals surface area contributed by atoms with E-state index in [0.717, 1.165) is 0 Å². The minimum atomic E-state index is -0.187. The van der Waals surface area contributed by atoms with E-state index >= 15 is 0 Å². The van der Waals surface area contributed by atoms with Crippen LogP contribution in [0, 0.1) is 0 Å². The zero-order valence-corrected chi connectivity index (χ0v) is 7.97. The fourth-order valence-corrected chi connectivity index (χ4v) is 1.20. The Morgan fingerprint density at radius 1 is 1.62 bits per heavy atom. The van der Waals surface area contributed by atoms with Crippen molar-refractivity contribution >= 4 is 17.4 Å². The first-order valence-electron chi connectivity index (χ1n) is 3.69. The van der Waals surface area contributed by atoms with Gasteiger partial charge in [-0.3, -0.25) is 4.79 Å². The quantitative estimate of drug-likeness (QED) is 0.549. The Bertz CT molecular complexity index is 345. The van der Waals surface area contributed by atoms with Crippen molar-refractivity contribution in [2.24, 2.45) is 0 Å². The van der Waals surface area contributed by atoms with Gasteiger partial charge in [0.1, 0.15) is 5.75 Å². The smallest absolute Gasteiger partial charge is 0.186 e. The summed E-state index contributed by atoms with van der Waals surface area (Å²) in [6, 6.07) is 4.89. The standard InChI is InChI=1S/C10H9ClO2/c1-3-10(12)8-5-4-7(13-2)6-9(8)11/h3-6H,1H2,2H3. The Kier molecular flexibility index (Phi) is 3.09. The molecule has 1 rings (SSSR count). The first-order chi connectivity index (χ1) is 6.19. The second-order valence-electron chi connectivity index (χ2n) is 2.41. The maximum absolute atomic E-state index is 11.2. The lowest BCUT2D eigenvalue weighted by molar-refractivity contribution is 0.104. The summed E-state index contributed by atoms with van der Waals surface area (Å²) in [6.45, 7) is 3.38. The van der Waals surface area contributed by atoms with Crippen LogP contribution in [0.5, 0.6) is 5.75 Å². The Balaban J connectivity index is 3.12. The molecule has 3 heteroatoms. The van der Waals surface area contributed by atoms with Gasteiger partial charge in [0.25, 0.3) is 0 Å². The van der Waals surface area contributed by atoms with Crippen LogP contribution < -0.4 is 4.74 Å². The third-order valence-electron chi connectivity index (χ3n) is 1.63. The van der Waals surface area contributed by atoms with Gasteiger partial charge in [0.05, 0.1) is 12.1 Å². The molecular formula is C10H9ClO2. The fourth-order valence-electron chi connectivity index (χ4n) is 0.933. The van der Waals surface area contributed by atoms with E-state index < -0.39 is 0 Å². The van der Waals surface area contributed by atoms with Gasteiger partial charge in [0.15, 0.2) is 5.78 Å². The molecule has 0 amide bonds. The average molecular weight is 197 g/mol. The summed E-state index contributed by atoms with van der Waals surface area (Å²) in [4.78, 5) is 11.2. The van der Waals surface area contributed by atoms with E-state index in [-0.39, 0.29) is 5.78 Å². The minimum Gasteiger partial charge on any atom is -0.497 e. The molecule has 1 aromatic carbocycles. The van der Waals surface area contributed by atoms with Crippen LogP contribution in [0.1, 0.15) is 10.4 Å². The first-order valence-corrected chi connectivity index (χ1v) is 4.07. The predicted molar refractivity (Wildman–Crippen MR) is 52.5 cm³/mol. The van der Waals surface area contributed by atoms with E-state index in [0.29, 0.717) is 16.3 Å². The second kappa shape index (κ2) is 4.10. The van der Waals surface area contributed by atoms with Gasteiger partial charge in [-0.1, -0.05) is 18.2 Å². The average Bonchev–Trinajstić information content (AvgIpc) is 2.16. The van der Waals surface area contributed by atoms with Crippen LogP contribution in [0.3, 0.4) is 0 Å². The van der Waals surface area contributed by atoms with Crippen molar-refractivity contribution in [1.82, 2.24) is 0 Å². The number of ether oxygens (including phenoxy) is 1. The Hall–Kier alpha value is -1.28. The van der Waals surface area contributed by atoms with Crippen LogP contribution >= 0.6 is 11.6 Å². The summed E-state index contributed by atoms with van der Waals surface area (Å²) >= 11 is 5.83. The molecule has 0 bridgehead atoms. The molecular weight excluding hydrogens is 188 g/mol. The maximum atomic E-state index is 11.2. The van der Waals surface area contributed by atoms with Gasteiger partial charge >= 0.3 is 0 Å². The molecule has 0 N–H and O–H groups in total. The van der Waals surface area contributed by atoms with Crippen molar-refractivity contribution < 1.29 is 9.53 Å². The van der Waals surface area contributed by atoms with Crippen molar-refractivity contribution in [3.8, 4) is 5.75 Å². The zero-order chi connectivity index (χ0) is 9.84. The largest absolute Gasteiger partial charge is 0.497 e. The summed E-state index contributed by atoms with van der Waals surface area (Å²) in [6.07, 6.45) is 1.23. The van der Waals surface area contributed by atoms with E-state index in [1.165, 1.54) is 6.08 Å². The molecule has 0 radical (unpaired) electrons. The molecule has 0 aliphatic heterocycles. The molecule has 0 spiro atoms. The molecule has 0 saturated heterocycles. The monoisotopic (exact) mass is 196 g/mol. The van der Waals surface area contributed by atoms with Crippen molar-refractivity contribution in [2.45, 2.75) is 0 Å². The summed E-state index contributed by atoms with van der Waals surface area (Å²) in [5, 5.41) is 0.379. The lowest BCUT2D eigenvalue weighted by atomic mass is 10.1. The van der Waals surface area contributed by atoms with Crippen molar-refractivity contribution in [3.63, 3.8) is 0 Å². The molecule has 0 aromatic heterocycles. The van der Waals surface area contributed by atoms with Gasteiger partial charge < -0.3 is 4.74 Å². The van der Waals surface area contributed by atoms with Crippen molar-refractivity contribution in [2.75, 3.05) is 7.11 Å². The molecule has 0 atom stereocenters. The number of carbonyl (C=O) groups is 1. The number of benzene rings is 1. The first kappa shape index (κ1) is 9.81. The molecule has 13 heavy (non-hydrogen) atoms. The van der Waals surface area contributed by atoms with Crippen LogP contribution in [-0.4, -0.2) is 12.9 Å². The molecule has 0 saturated carbocycles. The van der Waals surface area contributed by atoms with E-state index in [2.05, 4.69) is 6.58 Å². The second-order valence-corrected chi connectivity index (χ2v) is 2.82. The van der Waals surface area contributed by atoms with Crippen LogP contribution in [0.2, 0.25) is 5.02 Å². The molecule has 0 heterocycles. The van der Waals surface area contributed by atoms with Gasteiger partial charge in [-0.15, -0.1) is 0 Å². The summed E-state index contributed by atoms with van der Waals surface area (Å²) < 4.78 is 4.94. The number of ketones is 1. The zero-order valence-electron chi connectivity index (χ0n) is 7.21. The van der Waals surface area contributed by atoms with Gasteiger partial charge in [0, 0.05) is 5.56 Å². The summed E-state index contributed by atoms with van der Waals surface area (Å²) in [5.74, 6) is 0.443. The third kappa shape index (κ3) is 2.10. The van der Waals surface area contributed by atoms with Crippen LogP contribution in [0.25, 0.3) is 0 Å². The van der Waals surface area contributed by atoms with E-state index in [9.17, 15) is 4.79 Å². The molecule has 2 nitrogen and oxygen atoms in total. The molecule has 68 valence electrons. The lowest BCUT2D eigenvalue weighted by Gasteiger charge is -2.02. The fraction of sp³-hybridized carbons (Fsp3) is 0.100. The van der Waals surface area contributed by atoms with Gasteiger partial charge in [0.2, 0.25) is 0 Å². The van der Waals surface area contributed by atoms with E-state index in [1.807, 2.05) is 0 Å². The Labute approximate surface area is 81.8 Å². The predicted octanol–water partition coefficient (Wildman–Crippen LogP) is 2.72.